The molecule has 0 saturated carbocycles. The van der Waals surface area contributed by atoms with Gasteiger partial charge in [0.25, 0.3) is 0 Å². The van der Waals surface area contributed by atoms with Crippen LogP contribution in [0.3, 0.4) is 0 Å². The Morgan fingerprint density at radius 3 is 1.37 bits per heavy atom. The SMILES string of the molecule is O=C(O)/C=C\CCOc1ccc(C2(c3ccc(OCC/C=C\C(=O)O)cc3)c3ccccc3-c3ccccc32)cc1. The van der Waals surface area contributed by atoms with Gasteiger partial charge in [-0.05, 0) is 70.5 Å². The molecule has 0 atom stereocenters. The zero-order chi connectivity index (χ0) is 28.7. The second-order valence-corrected chi connectivity index (χ2v) is 9.65. The molecule has 1 aliphatic carbocycles. The lowest BCUT2D eigenvalue weighted by atomic mass is 9.68. The van der Waals surface area contributed by atoms with E-state index in [0.717, 1.165) is 23.3 Å². The van der Waals surface area contributed by atoms with Gasteiger partial charge in [0, 0.05) is 12.2 Å². The standard InChI is InChI=1S/C35H30O6/c36-33(37)13-5-7-23-40-27-19-15-25(16-20-27)35(26-17-21-28(22-18-26)41-24-8-6-14-34(38)39)31-11-3-1-9-29(31)30-10-2-4-12-32(30)35/h1-6,9-22H,7-8,23-24H2,(H,36,37)(H,38,39)/b13-5-,14-6-. The van der Waals surface area contributed by atoms with Gasteiger partial charge in [-0.15, -0.1) is 0 Å². The smallest absolute Gasteiger partial charge is 0.327 e. The Labute approximate surface area is 238 Å². The van der Waals surface area contributed by atoms with Crippen molar-refractivity contribution in [2.45, 2.75) is 18.3 Å². The number of benzene rings is 4. The van der Waals surface area contributed by atoms with E-state index >= 15 is 0 Å². The van der Waals surface area contributed by atoms with Gasteiger partial charge in [0.2, 0.25) is 0 Å². The summed E-state index contributed by atoms with van der Waals surface area (Å²) in [4.78, 5) is 21.3. The second kappa shape index (κ2) is 12.4. The Morgan fingerprint density at radius 2 is 0.976 bits per heavy atom. The van der Waals surface area contributed by atoms with E-state index in [0.29, 0.717) is 37.6 Å². The lowest BCUT2D eigenvalue weighted by Gasteiger charge is -2.34. The minimum Gasteiger partial charge on any atom is -0.493 e. The van der Waals surface area contributed by atoms with Crippen molar-refractivity contribution in [1.82, 2.24) is 0 Å². The summed E-state index contributed by atoms with van der Waals surface area (Å²) >= 11 is 0. The third-order valence-corrected chi connectivity index (χ3v) is 7.15. The van der Waals surface area contributed by atoms with Crippen molar-refractivity contribution < 1.29 is 29.3 Å². The highest BCUT2D eigenvalue weighted by Gasteiger charge is 2.45. The first-order chi connectivity index (χ1) is 20.0. The minimum absolute atomic E-state index is 0.382. The fraction of sp³-hybridized carbons (Fsp3) is 0.143. The molecular weight excluding hydrogens is 516 g/mol. The Hall–Kier alpha value is -5.10. The molecule has 0 fully saturated rings. The maximum Gasteiger partial charge on any atom is 0.327 e. The molecule has 0 spiro atoms. The predicted octanol–water partition coefficient (Wildman–Crippen LogP) is 6.87. The van der Waals surface area contributed by atoms with E-state index in [1.807, 2.05) is 24.3 Å². The Morgan fingerprint density at radius 1 is 0.585 bits per heavy atom. The maximum atomic E-state index is 10.7. The highest BCUT2D eigenvalue weighted by Crippen LogP contribution is 2.56. The number of hydrogen-bond acceptors (Lipinski definition) is 4. The van der Waals surface area contributed by atoms with E-state index < -0.39 is 17.4 Å². The van der Waals surface area contributed by atoms with Crippen LogP contribution in [0.25, 0.3) is 11.1 Å². The van der Waals surface area contributed by atoms with E-state index in [2.05, 4.69) is 72.8 Å². The van der Waals surface area contributed by atoms with Crippen LogP contribution in [-0.2, 0) is 15.0 Å². The zero-order valence-electron chi connectivity index (χ0n) is 22.4. The average molecular weight is 547 g/mol. The topological polar surface area (TPSA) is 93.1 Å². The molecular formula is C35H30O6. The maximum absolute atomic E-state index is 10.7. The number of rotatable bonds is 12. The first-order valence-electron chi connectivity index (χ1n) is 13.4. The highest BCUT2D eigenvalue weighted by molar-refractivity contribution is 5.86. The number of fused-ring (bicyclic) bond motifs is 3. The summed E-state index contributed by atoms with van der Waals surface area (Å²) < 4.78 is 11.7. The van der Waals surface area contributed by atoms with Crippen molar-refractivity contribution in [2.75, 3.05) is 13.2 Å². The summed E-state index contributed by atoms with van der Waals surface area (Å²) in [6.45, 7) is 0.765. The van der Waals surface area contributed by atoms with Gasteiger partial charge < -0.3 is 19.7 Å². The van der Waals surface area contributed by atoms with Crippen LogP contribution in [0.5, 0.6) is 11.5 Å². The van der Waals surface area contributed by atoms with Crippen LogP contribution in [0.15, 0.2) is 121 Å². The highest BCUT2D eigenvalue weighted by atomic mass is 16.5. The van der Waals surface area contributed by atoms with Crippen molar-refractivity contribution in [2.24, 2.45) is 0 Å². The molecule has 206 valence electrons. The Bertz CT molecular complexity index is 1460. The quantitative estimate of drug-likeness (QED) is 0.131. The van der Waals surface area contributed by atoms with Crippen LogP contribution in [0, 0.1) is 0 Å². The van der Waals surface area contributed by atoms with E-state index in [4.69, 9.17) is 19.7 Å². The molecule has 1 aliphatic rings. The van der Waals surface area contributed by atoms with Crippen molar-refractivity contribution in [3.8, 4) is 22.6 Å². The molecule has 0 radical (unpaired) electrons. The molecule has 2 N–H and O–H groups in total. The molecule has 0 amide bonds. The number of aliphatic carboxylic acids is 2. The van der Waals surface area contributed by atoms with Crippen molar-refractivity contribution in [3.05, 3.63) is 144 Å². The molecule has 0 unspecified atom stereocenters. The van der Waals surface area contributed by atoms with Crippen LogP contribution in [0.4, 0.5) is 0 Å². The minimum atomic E-state index is -0.968. The van der Waals surface area contributed by atoms with Crippen molar-refractivity contribution >= 4 is 11.9 Å². The second-order valence-electron chi connectivity index (χ2n) is 9.65. The van der Waals surface area contributed by atoms with Crippen molar-refractivity contribution in [3.63, 3.8) is 0 Å². The fourth-order valence-corrected chi connectivity index (χ4v) is 5.48. The van der Waals surface area contributed by atoms with Gasteiger partial charge in [-0.25, -0.2) is 9.59 Å². The number of hydrogen-bond donors (Lipinski definition) is 2. The molecule has 0 aromatic heterocycles. The van der Waals surface area contributed by atoms with Crippen LogP contribution in [-0.4, -0.2) is 35.4 Å². The summed E-state index contributed by atoms with van der Waals surface area (Å²) in [5.74, 6) is -0.505. The van der Waals surface area contributed by atoms with Crippen LogP contribution >= 0.6 is 0 Å². The fourth-order valence-electron chi connectivity index (χ4n) is 5.48. The normalized spacial score (nSPS) is 13.2. The first-order valence-corrected chi connectivity index (χ1v) is 13.4. The molecule has 0 bridgehead atoms. The van der Waals surface area contributed by atoms with Crippen LogP contribution < -0.4 is 9.47 Å². The lowest BCUT2D eigenvalue weighted by molar-refractivity contribution is -0.132. The monoisotopic (exact) mass is 546 g/mol. The Kier molecular flexibility index (Phi) is 8.30. The number of carbonyl (C=O) groups is 2. The molecule has 0 aliphatic heterocycles. The summed E-state index contributed by atoms with van der Waals surface area (Å²) in [5.41, 5.74) is 6.42. The van der Waals surface area contributed by atoms with Gasteiger partial charge >= 0.3 is 11.9 Å². The van der Waals surface area contributed by atoms with Gasteiger partial charge in [-0.3, -0.25) is 0 Å². The number of carboxylic acid groups (broad SMARTS) is 2. The van der Waals surface area contributed by atoms with Gasteiger partial charge in [0.15, 0.2) is 0 Å². The summed E-state index contributed by atoms with van der Waals surface area (Å²) in [5, 5.41) is 17.5. The molecule has 6 nitrogen and oxygen atoms in total. The van der Waals surface area contributed by atoms with Gasteiger partial charge in [-0.2, -0.15) is 0 Å². The third kappa shape index (κ3) is 5.77. The average Bonchev–Trinajstić information content (AvgIpc) is 3.28. The number of carboxylic acids is 2. The summed E-state index contributed by atoms with van der Waals surface area (Å²) in [6.07, 6.45) is 6.42. The Balaban J connectivity index is 1.49. The van der Waals surface area contributed by atoms with E-state index in [1.165, 1.54) is 22.3 Å². The molecule has 6 heteroatoms. The molecule has 4 aromatic carbocycles. The van der Waals surface area contributed by atoms with Gasteiger partial charge in [-0.1, -0.05) is 84.9 Å². The molecule has 5 rings (SSSR count). The first kappa shape index (κ1) is 27.5. The van der Waals surface area contributed by atoms with E-state index in [1.54, 1.807) is 12.2 Å². The molecule has 41 heavy (non-hydrogen) atoms. The third-order valence-electron chi connectivity index (χ3n) is 7.15. The molecule has 4 aromatic rings. The van der Waals surface area contributed by atoms with Crippen LogP contribution in [0.1, 0.15) is 35.1 Å². The van der Waals surface area contributed by atoms with E-state index in [9.17, 15) is 9.59 Å². The zero-order valence-corrected chi connectivity index (χ0v) is 22.4. The predicted molar refractivity (Wildman–Crippen MR) is 158 cm³/mol. The van der Waals surface area contributed by atoms with Gasteiger partial charge in [0.05, 0.1) is 18.6 Å². The summed E-state index contributed by atoms with van der Waals surface area (Å²) in [7, 11) is 0. The largest absolute Gasteiger partial charge is 0.493 e. The number of ether oxygens (including phenoxy) is 2. The lowest BCUT2D eigenvalue weighted by Crippen LogP contribution is -2.28. The van der Waals surface area contributed by atoms with Crippen molar-refractivity contribution in [1.29, 1.82) is 0 Å². The van der Waals surface area contributed by atoms with Gasteiger partial charge in [0.1, 0.15) is 11.5 Å². The summed E-state index contributed by atoms with van der Waals surface area (Å²) in [6, 6.07) is 33.2. The van der Waals surface area contributed by atoms with Crippen LogP contribution in [0.2, 0.25) is 0 Å². The molecule has 0 heterocycles. The van der Waals surface area contributed by atoms with E-state index in [-0.39, 0.29) is 0 Å². The molecule has 0 saturated heterocycles.